The van der Waals surface area contributed by atoms with Crippen LogP contribution in [-0.4, -0.2) is 50.7 Å². The minimum atomic E-state index is 0.245. The van der Waals surface area contributed by atoms with Crippen molar-refractivity contribution < 1.29 is 4.74 Å². The van der Waals surface area contributed by atoms with Crippen molar-refractivity contribution in [2.24, 2.45) is 0 Å². The van der Waals surface area contributed by atoms with Crippen molar-refractivity contribution >= 4 is 22.8 Å². The summed E-state index contributed by atoms with van der Waals surface area (Å²) >= 11 is 6.15. The van der Waals surface area contributed by atoms with Crippen LogP contribution in [0, 0.1) is 0 Å². The molecule has 4 rings (SSSR count). The van der Waals surface area contributed by atoms with Gasteiger partial charge in [-0.2, -0.15) is 0 Å². The SMILES string of the molecule is Clc1ccccc1OC[C@H]1CNCN1Cc1ncnc2nc[nH]c12. The van der Waals surface area contributed by atoms with Crippen LogP contribution >= 0.6 is 11.6 Å². The molecule has 24 heavy (non-hydrogen) atoms. The summed E-state index contributed by atoms with van der Waals surface area (Å²) in [6, 6.07) is 7.77. The molecule has 3 heterocycles. The van der Waals surface area contributed by atoms with Crippen LogP contribution in [0.15, 0.2) is 36.9 Å². The predicted octanol–water partition coefficient (Wildman–Crippen LogP) is 1.82. The number of halogens is 1. The maximum Gasteiger partial charge on any atom is 0.180 e. The third-order valence-electron chi connectivity index (χ3n) is 4.13. The molecule has 1 aliphatic heterocycles. The van der Waals surface area contributed by atoms with E-state index in [1.165, 1.54) is 0 Å². The monoisotopic (exact) mass is 344 g/mol. The van der Waals surface area contributed by atoms with Crippen molar-refractivity contribution in [1.29, 1.82) is 0 Å². The second-order valence-corrected chi connectivity index (χ2v) is 6.08. The molecule has 0 radical (unpaired) electrons. The quantitative estimate of drug-likeness (QED) is 0.735. The van der Waals surface area contributed by atoms with Crippen molar-refractivity contribution in [3.05, 3.63) is 47.6 Å². The molecule has 1 saturated heterocycles. The molecular weight excluding hydrogens is 328 g/mol. The van der Waals surface area contributed by atoms with E-state index in [4.69, 9.17) is 16.3 Å². The average Bonchev–Trinajstić information content (AvgIpc) is 3.24. The van der Waals surface area contributed by atoms with Gasteiger partial charge in [-0.05, 0) is 12.1 Å². The van der Waals surface area contributed by atoms with Crippen molar-refractivity contribution in [3.8, 4) is 5.75 Å². The van der Waals surface area contributed by atoms with E-state index in [0.717, 1.165) is 24.4 Å². The Morgan fingerprint density at radius 3 is 3.08 bits per heavy atom. The topological polar surface area (TPSA) is 79.0 Å². The average molecular weight is 345 g/mol. The lowest BCUT2D eigenvalue weighted by Crippen LogP contribution is -2.35. The van der Waals surface area contributed by atoms with E-state index in [1.54, 1.807) is 12.7 Å². The van der Waals surface area contributed by atoms with Gasteiger partial charge >= 0.3 is 0 Å². The van der Waals surface area contributed by atoms with E-state index in [1.807, 2.05) is 24.3 Å². The van der Waals surface area contributed by atoms with Crippen molar-refractivity contribution in [2.75, 3.05) is 19.8 Å². The molecule has 7 nitrogen and oxygen atoms in total. The van der Waals surface area contributed by atoms with E-state index < -0.39 is 0 Å². The Morgan fingerprint density at radius 2 is 2.17 bits per heavy atom. The van der Waals surface area contributed by atoms with Gasteiger partial charge in [0.15, 0.2) is 5.65 Å². The van der Waals surface area contributed by atoms with E-state index in [9.17, 15) is 0 Å². The number of aromatic amines is 1. The van der Waals surface area contributed by atoms with E-state index >= 15 is 0 Å². The van der Waals surface area contributed by atoms with Crippen LogP contribution in [0.3, 0.4) is 0 Å². The number of nitrogens with zero attached hydrogens (tertiary/aromatic N) is 4. The highest BCUT2D eigenvalue weighted by atomic mass is 35.5. The van der Waals surface area contributed by atoms with Crippen LogP contribution in [0.4, 0.5) is 0 Å². The molecule has 0 amide bonds. The van der Waals surface area contributed by atoms with Crippen LogP contribution in [-0.2, 0) is 6.54 Å². The number of para-hydroxylation sites is 1. The Hall–Kier alpha value is -2.22. The molecule has 0 saturated carbocycles. The normalized spacial score (nSPS) is 18.3. The van der Waals surface area contributed by atoms with Crippen molar-refractivity contribution in [3.63, 3.8) is 0 Å². The van der Waals surface area contributed by atoms with Gasteiger partial charge in [0.05, 0.1) is 23.1 Å². The van der Waals surface area contributed by atoms with Gasteiger partial charge in [-0.15, -0.1) is 0 Å². The zero-order valence-corrected chi connectivity index (χ0v) is 13.7. The summed E-state index contributed by atoms with van der Waals surface area (Å²) in [7, 11) is 0. The Bertz CT molecular complexity index is 838. The second-order valence-electron chi connectivity index (χ2n) is 5.68. The number of hydrogen-bond acceptors (Lipinski definition) is 6. The minimum Gasteiger partial charge on any atom is -0.490 e. The smallest absolute Gasteiger partial charge is 0.180 e. The molecule has 1 atom stereocenters. The summed E-state index contributed by atoms with van der Waals surface area (Å²) in [5.41, 5.74) is 2.51. The highest BCUT2D eigenvalue weighted by Gasteiger charge is 2.26. The highest BCUT2D eigenvalue weighted by Crippen LogP contribution is 2.24. The number of imidazole rings is 1. The van der Waals surface area contributed by atoms with Crippen LogP contribution in [0.5, 0.6) is 5.75 Å². The maximum absolute atomic E-state index is 6.15. The predicted molar refractivity (Wildman–Crippen MR) is 90.8 cm³/mol. The van der Waals surface area contributed by atoms with Crippen LogP contribution in [0.2, 0.25) is 5.02 Å². The number of hydrogen-bond donors (Lipinski definition) is 2. The van der Waals surface area contributed by atoms with E-state index in [0.29, 0.717) is 29.6 Å². The molecule has 8 heteroatoms. The van der Waals surface area contributed by atoms with E-state index in [-0.39, 0.29) is 6.04 Å². The molecule has 0 unspecified atom stereocenters. The lowest BCUT2D eigenvalue weighted by atomic mass is 10.2. The highest BCUT2D eigenvalue weighted by molar-refractivity contribution is 6.32. The first-order valence-electron chi connectivity index (χ1n) is 7.76. The fourth-order valence-electron chi connectivity index (χ4n) is 2.86. The molecule has 0 spiro atoms. The lowest BCUT2D eigenvalue weighted by molar-refractivity contribution is 0.171. The number of ether oxygens (including phenoxy) is 1. The maximum atomic E-state index is 6.15. The summed E-state index contributed by atoms with van der Waals surface area (Å²) < 4.78 is 5.89. The first kappa shape index (κ1) is 15.3. The summed E-state index contributed by atoms with van der Waals surface area (Å²) in [6.07, 6.45) is 3.19. The van der Waals surface area contributed by atoms with Gasteiger partial charge < -0.3 is 15.0 Å². The van der Waals surface area contributed by atoms with Crippen LogP contribution in [0.1, 0.15) is 5.69 Å². The summed E-state index contributed by atoms with van der Waals surface area (Å²) in [4.78, 5) is 18.1. The first-order chi connectivity index (χ1) is 11.8. The Morgan fingerprint density at radius 1 is 1.25 bits per heavy atom. The molecule has 1 aromatic carbocycles. The van der Waals surface area contributed by atoms with Crippen molar-refractivity contribution in [2.45, 2.75) is 12.6 Å². The van der Waals surface area contributed by atoms with Crippen LogP contribution in [0.25, 0.3) is 11.2 Å². The fourth-order valence-corrected chi connectivity index (χ4v) is 3.05. The summed E-state index contributed by atoms with van der Waals surface area (Å²) in [5.74, 6) is 0.712. The van der Waals surface area contributed by atoms with Gasteiger partial charge in [0.1, 0.15) is 24.2 Å². The number of fused-ring (bicyclic) bond motifs is 1. The number of H-pyrrole nitrogens is 1. The second kappa shape index (κ2) is 6.72. The number of rotatable bonds is 5. The molecule has 1 aliphatic rings. The van der Waals surface area contributed by atoms with Gasteiger partial charge in [0.25, 0.3) is 0 Å². The summed E-state index contributed by atoms with van der Waals surface area (Å²) in [6.45, 7) is 2.91. The van der Waals surface area contributed by atoms with Gasteiger partial charge in [-0.25, -0.2) is 15.0 Å². The minimum absolute atomic E-state index is 0.245. The number of aromatic nitrogens is 4. The third kappa shape index (κ3) is 3.06. The zero-order chi connectivity index (χ0) is 16.4. The Balaban J connectivity index is 1.45. The van der Waals surface area contributed by atoms with Crippen molar-refractivity contribution in [1.82, 2.24) is 30.2 Å². The number of nitrogens with one attached hydrogen (secondary N) is 2. The van der Waals surface area contributed by atoms with Gasteiger partial charge in [0, 0.05) is 19.8 Å². The number of benzene rings is 1. The Kier molecular flexibility index (Phi) is 4.29. The fraction of sp³-hybridized carbons (Fsp3) is 0.312. The van der Waals surface area contributed by atoms with Crippen LogP contribution < -0.4 is 10.1 Å². The molecule has 0 aliphatic carbocycles. The Labute approximate surface area is 144 Å². The lowest BCUT2D eigenvalue weighted by Gasteiger charge is -2.23. The largest absolute Gasteiger partial charge is 0.490 e. The van der Waals surface area contributed by atoms with E-state index in [2.05, 4.69) is 30.2 Å². The standard InChI is InChI=1S/C16H17ClN6O/c17-12-3-1-2-4-14(12)24-7-11-5-18-10-23(11)6-13-15-16(21-8-19-13)22-9-20-15/h1-4,8-9,11,18H,5-7,10H2,(H,19,20,21,22)/t11-/m1/s1. The molecular formula is C16H17ClN6O. The summed E-state index contributed by atoms with van der Waals surface area (Å²) in [5, 5.41) is 4.01. The molecule has 2 aromatic heterocycles. The molecule has 124 valence electrons. The zero-order valence-electron chi connectivity index (χ0n) is 12.9. The molecule has 0 bridgehead atoms. The molecule has 1 fully saturated rings. The molecule has 2 N–H and O–H groups in total. The van der Waals surface area contributed by atoms with Gasteiger partial charge in [-0.3, -0.25) is 4.90 Å². The van der Waals surface area contributed by atoms with Gasteiger partial charge in [-0.1, -0.05) is 23.7 Å². The van der Waals surface area contributed by atoms with Gasteiger partial charge in [0.2, 0.25) is 0 Å². The first-order valence-corrected chi connectivity index (χ1v) is 8.14. The molecule has 3 aromatic rings. The third-order valence-corrected chi connectivity index (χ3v) is 4.45.